The Bertz CT molecular complexity index is 531. The predicted molar refractivity (Wildman–Crippen MR) is 89.3 cm³/mol. The Balaban J connectivity index is 1.96. The van der Waals surface area contributed by atoms with Gasteiger partial charge in [-0.15, -0.1) is 11.8 Å². The quantitative estimate of drug-likeness (QED) is 0.764. The van der Waals surface area contributed by atoms with Gasteiger partial charge in [0.15, 0.2) is 0 Å². The van der Waals surface area contributed by atoms with Crippen molar-refractivity contribution in [3.8, 4) is 0 Å². The molecule has 0 saturated carbocycles. The first-order chi connectivity index (χ1) is 9.69. The Kier molecular flexibility index (Phi) is 5.69. The van der Waals surface area contributed by atoms with E-state index in [0.717, 1.165) is 12.3 Å². The highest BCUT2D eigenvalue weighted by Crippen LogP contribution is 2.24. The zero-order chi connectivity index (χ0) is 14.4. The summed E-state index contributed by atoms with van der Waals surface area (Å²) < 4.78 is 0. The van der Waals surface area contributed by atoms with E-state index in [-0.39, 0.29) is 0 Å². The molecular weight excluding hydrogens is 262 g/mol. The average molecular weight is 285 g/mol. The largest absolute Gasteiger partial charge is 0.316 e. The van der Waals surface area contributed by atoms with Crippen LogP contribution < -0.4 is 5.32 Å². The van der Waals surface area contributed by atoms with Crippen LogP contribution in [-0.2, 0) is 12.3 Å². The number of hydrogen-bond acceptors (Lipinski definition) is 2. The maximum Gasteiger partial charge on any atom is 0.0231 e. The average Bonchev–Trinajstić information content (AvgIpc) is 2.46. The summed E-state index contributed by atoms with van der Waals surface area (Å²) in [5.41, 5.74) is 4.14. The molecule has 2 aromatic carbocycles. The van der Waals surface area contributed by atoms with Crippen molar-refractivity contribution in [1.82, 2.24) is 5.32 Å². The van der Waals surface area contributed by atoms with Gasteiger partial charge in [-0.3, -0.25) is 0 Å². The van der Waals surface area contributed by atoms with E-state index in [1.54, 1.807) is 0 Å². The summed E-state index contributed by atoms with van der Waals surface area (Å²) in [5, 5.41) is 3.19. The highest BCUT2D eigenvalue weighted by Gasteiger charge is 2.01. The summed E-state index contributed by atoms with van der Waals surface area (Å²) in [4.78, 5) is 1.34. The molecule has 106 valence electrons. The lowest BCUT2D eigenvalue weighted by molar-refractivity contribution is 0.815. The second-order valence-electron chi connectivity index (χ2n) is 5.36. The summed E-state index contributed by atoms with van der Waals surface area (Å²) in [6, 6.07) is 17.8. The fraction of sp³-hybridized carbons (Fsp3) is 0.333. The van der Waals surface area contributed by atoms with E-state index in [1.807, 2.05) is 18.8 Å². The molecule has 1 nitrogen and oxygen atoms in total. The van der Waals surface area contributed by atoms with Crippen LogP contribution in [0.25, 0.3) is 0 Å². The Labute approximate surface area is 126 Å². The molecule has 0 aliphatic rings. The first-order valence-corrected chi connectivity index (χ1v) is 8.13. The van der Waals surface area contributed by atoms with Gasteiger partial charge < -0.3 is 5.32 Å². The van der Waals surface area contributed by atoms with Gasteiger partial charge in [0.2, 0.25) is 0 Å². The fourth-order valence-corrected chi connectivity index (χ4v) is 3.05. The maximum absolute atomic E-state index is 3.19. The molecule has 0 fully saturated rings. The molecule has 1 N–H and O–H groups in total. The van der Waals surface area contributed by atoms with E-state index in [9.17, 15) is 0 Å². The molecule has 0 bridgehead atoms. The zero-order valence-corrected chi connectivity index (χ0v) is 13.3. The zero-order valence-electron chi connectivity index (χ0n) is 12.5. The molecular formula is C18H23NS. The van der Waals surface area contributed by atoms with Crippen LogP contribution in [0.1, 0.15) is 36.5 Å². The van der Waals surface area contributed by atoms with Crippen LogP contribution in [0.3, 0.4) is 0 Å². The number of hydrogen-bond donors (Lipinski definition) is 1. The molecule has 0 unspecified atom stereocenters. The number of thioether (sulfide) groups is 1. The fourth-order valence-electron chi connectivity index (χ4n) is 2.11. The van der Waals surface area contributed by atoms with Crippen LogP contribution in [0, 0.1) is 0 Å². The van der Waals surface area contributed by atoms with Crippen molar-refractivity contribution in [3.05, 3.63) is 65.2 Å². The van der Waals surface area contributed by atoms with Gasteiger partial charge in [-0.25, -0.2) is 0 Å². The third-order valence-corrected chi connectivity index (χ3v) is 4.40. The van der Waals surface area contributed by atoms with Crippen molar-refractivity contribution in [2.24, 2.45) is 0 Å². The molecule has 0 heterocycles. The molecule has 0 aliphatic heterocycles. The van der Waals surface area contributed by atoms with Gasteiger partial charge in [0.1, 0.15) is 0 Å². The van der Waals surface area contributed by atoms with Crippen LogP contribution in [0.2, 0.25) is 0 Å². The van der Waals surface area contributed by atoms with Gasteiger partial charge in [0.05, 0.1) is 0 Å². The van der Waals surface area contributed by atoms with Crippen molar-refractivity contribution in [2.45, 2.75) is 37.0 Å². The van der Waals surface area contributed by atoms with Crippen molar-refractivity contribution in [1.29, 1.82) is 0 Å². The molecule has 0 saturated heterocycles. The molecule has 2 rings (SSSR count). The van der Waals surface area contributed by atoms with Crippen molar-refractivity contribution < 1.29 is 0 Å². The second kappa shape index (κ2) is 7.51. The molecule has 2 aromatic rings. The monoisotopic (exact) mass is 285 g/mol. The smallest absolute Gasteiger partial charge is 0.0231 e. The van der Waals surface area contributed by atoms with Crippen molar-refractivity contribution >= 4 is 11.8 Å². The van der Waals surface area contributed by atoms with E-state index in [2.05, 4.69) is 67.7 Å². The molecule has 0 aliphatic carbocycles. The van der Waals surface area contributed by atoms with Crippen LogP contribution in [0.5, 0.6) is 0 Å². The Hall–Kier alpha value is -1.25. The summed E-state index contributed by atoms with van der Waals surface area (Å²) in [5.74, 6) is 1.64. The molecule has 0 amide bonds. The summed E-state index contributed by atoms with van der Waals surface area (Å²) in [6.45, 7) is 5.39. The van der Waals surface area contributed by atoms with Gasteiger partial charge in [-0.2, -0.15) is 0 Å². The molecule has 0 aromatic heterocycles. The SMILES string of the molecule is CNCc1cccc(SCc2ccc(C(C)C)cc2)c1. The summed E-state index contributed by atoms with van der Waals surface area (Å²) in [7, 11) is 1.98. The Morgan fingerprint density at radius 1 is 1.00 bits per heavy atom. The highest BCUT2D eigenvalue weighted by molar-refractivity contribution is 7.98. The predicted octanol–water partition coefficient (Wildman–Crippen LogP) is 4.82. The second-order valence-corrected chi connectivity index (χ2v) is 6.41. The van der Waals surface area contributed by atoms with E-state index in [4.69, 9.17) is 0 Å². The minimum absolute atomic E-state index is 0.606. The Morgan fingerprint density at radius 3 is 2.40 bits per heavy atom. The minimum Gasteiger partial charge on any atom is -0.316 e. The van der Waals surface area contributed by atoms with Crippen molar-refractivity contribution in [3.63, 3.8) is 0 Å². The van der Waals surface area contributed by atoms with Gasteiger partial charge in [0, 0.05) is 17.2 Å². The van der Waals surface area contributed by atoms with Gasteiger partial charge in [0.25, 0.3) is 0 Å². The van der Waals surface area contributed by atoms with E-state index in [0.29, 0.717) is 5.92 Å². The van der Waals surface area contributed by atoms with E-state index < -0.39 is 0 Å². The minimum atomic E-state index is 0.606. The molecule has 0 radical (unpaired) electrons. The first-order valence-electron chi connectivity index (χ1n) is 7.14. The normalized spacial score (nSPS) is 11.0. The van der Waals surface area contributed by atoms with E-state index >= 15 is 0 Å². The van der Waals surface area contributed by atoms with Gasteiger partial charge in [-0.1, -0.05) is 50.2 Å². The number of nitrogens with one attached hydrogen (secondary N) is 1. The van der Waals surface area contributed by atoms with Crippen molar-refractivity contribution in [2.75, 3.05) is 7.05 Å². The summed E-state index contributed by atoms with van der Waals surface area (Å²) >= 11 is 1.90. The lowest BCUT2D eigenvalue weighted by Gasteiger charge is -2.08. The topological polar surface area (TPSA) is 12.0 Å². The lowest BCUT2D eigenvalue weighted by atomic mass is 10.0. The molecule has 0 atom stereocenters. The standard InChI is InChI=1S/C18H23NS/c1-14(2)17-9-7-15(8-10-17)13-20-18-6-4-5-16(11-18)12-19-3/h4-11,14,19H,12-13H2,1-3H3. The molecule has 2 heteroatoms. The van der Waals surface area contributed by atoms with Gasteiger partial charge in [-0.05, 0) is 41.8 Å². The molecule has 0 spiro atoms. The van der Waals surface area contributed by atoms with Crippen LogP contribution in [0.4, 0.5) is 0 Å². The first kappa shape index (κ1) is 15.1. The highest BCUT2D eigenvalue weighted by atomic mass is 32.2. The third-order valence-electron chi connectivity index (χ3n) is 3.33. The summed E-state index contributed by atoms with van der Waals surface area (Å²) in [6.07, 6.45) is 0. The van der Waals surface area contributed by atoms with Crippen LogP contribution in [-0.4, -0.2) is 7.05 Å². The lowest BCUT2D eigenvalue weighted by Crippen LogP contribution is -2.04. The maximum atomic E-state index is 3.19. The van der Waals surface area contributed by atoms with E-state index in [1.165, 1.54) is 21.6 Å². The number of benzene rings is 2. The van der Waals surface area contributed by atoms with Gasteiger partial charge >= 0.3 is 0 Å². The van der Waals surface area contributed by atoms with Crippen LogP contribution >= 0.6 is 11.8 Å². The van der Waals surface area contributed by atoms with Crippen LogP contribution in [0.15, 0.2) is 53.4 Å². The molecule has 20 heavy (non-hydrogen) atoms. The number of rotatable bonds is 6. The third kappa shape index (κ3) is 4.39. The Morgan fingerprint density at radius 2 is 1.75 bits per heavy atom.